The lowest BCUT2D eigenvalue weighted by molar-refractivity contribution is -0.142. The van der Waals surface area contributed by atoms with Crippen LogP contribution < -0.4 is 10.9 Å². The van der Waals surface area contributed by atoms with Gasteiger partial charge < -0.3 is 15.2 Å². The lowest BCUT2D eigenvalue weighted by atomic mass is 9.84. The van der Waals surface area contributed by atoms with Crippen LogP contribution in [0.15, 0.2) is 47.4 Å². The number of rotatable bonds is 5. The van der Waals surface area contributed by atoms with E-state index < -0.39 is 11.5 Å². The third-order valence-corrected chi connectivity index (χ3v) is 6.11. The van der Waals surface area contributed by atoms with Crippen LogP contribution in [0.25, 0.3) is 11.0 Å². The SMILES string of the molecule is CC1(C)CN(C(=O)Cn2c(=O)c(C(=O)NCc3ccc(Cl)cc3)cc3c(=S)cc[nH]c32)C1. The Bertz CT molecular complexity index is 1320. The van der Waals surface area contributed by atoms with E-state index in [1.54, 1.807) is 41.4 Å². The maximum absolute atomic E-state index is 13.2. The number of likely N-dealkylation sites (tertiary alicyclic amines) is 1. The third-order valence-electron chi connectivity index (χ3n) is 5.50. The molecule has 2 N–H and O–H groups in total. The number of nitrogens with one attached hydrogen (secondary N) is 2. The van der Waals surface area contributed by atoms with Crippen molar-refractivity contribution < 1.29 is 9.59 Å². The van der Waals surface area contributed by atoms with Crippen molar-refractivity contribution >= 4 is 46.7 Å². The van der Waals surface area contributed by atoms with Gasteiger partial charge in [-0.2, -0.15) is 0 Å². The minimum absolute atomic E-state index is 0.0612. The number of carbonyl (C=O) groups is 2. The average Bonchev–Trinajstić information content (AvgIpc) is 2.73. The van der Waals surface area contributed by atoms with Crippen molar-refractivity contribution in [2.24, 2.45) is 5.41 Å². The Kier molecular flexibility index (Phi) is 5.92. The zero-order chi connectivity index (χ0) is 23.0. The van der Waals surface area contributed by atoms with E-state index in [0.717, 1.165) is 5.56 Å². The lowest BCUT2D eigenvalue weighted by Gasteiger charge is -2.45. The fraction of sp³-hybridized carbons (Fsp3) is 0.304. The Labute approximate surface area is 195 Å². The number of benzene rings is 1. The van der Waals surface area contributed by atoms with Gasteiger partial charge in [0, 0.05) is 36.2 Å². The van der Waals surface area contributed by atoms with Gasteiger partial charge >= 0.3 is 0 Å². The largest absolute Gasteiger partial charge is 0.348 e. The van der Waals surface area contributed by atoms with Crippen molar-refractivity contribution in [3.8, 4) is 0 Å². The van der Waals surface area contributed by atoms with Gasteiger partial charge in [0.2, 0.25) is 5.91 Å². The fourth-order valence-electron chi connectivity index (χ4n) is 3.89. The van der Waals surface area contributed by atoms with E-state index in [-0.39, 0.29) is 30.0 Å². The molecule has 1 aliphatic heterocycles. The van der Waals surface area contributed by atoms with Gasteiger partial charge in [0.25, 0.3) is 11.5 Å². The van der Waals surface area contributed by atoms with Crippen LogP contribution in [0.3, 0.4) is 0 Å². The maximum Gasteiger partial charge on any atom is 0.265 e. The fourth-order valence-corrected chi connectivity index (χ4v) is 4.24. The second-order valence-corrected chi connectivity index (χ2v) is 9.65. The Morgan fingerprint density at radius 1 is 1.19 bits per heavy atom. The van der Waals surface area contributed by atoms with E-state index >= 15 is 0 Å². The molecule has 2 aromatic heterocycles. The maximum atomic E-state index is 13.2. The average molecular weight is 471 g/mol. The molecule has 0 atom stereocenters. The summed E-state index contributed by atoms with van der Waals surface area (Å²) in [5.74, 6) is -0.703. The molecule has 0 unspecified atom stereocenters. The van der Waals surface area contributed by atoms with Crippen LogP contribution in [0.5, 0.6) is 0 Å². The number of aromatic amines is 1. The number of hydrogen-bond donors (Lipinski definition) is 2. The number of amides is 2. The molecular weight excluding hydrogens is 448 g/mol. The molecular formula is C23H23ClN4O3S. The zero-order valence-electron chi connectivity index (χ0n) is 17.8. The molecule has 1 fully saturated rings. The number of aromatic nitrogens is 2. The second-order valence-electron chi connectivity index (χ2n) is 8.78. The van der Waals surface area contributed by atoms with Gasteiger partial charge in [-0.15, -0.1) is 0 Å². The molecule has 3 aromatic rings. The first-order valence-electron chi connectivity index (χ1n) is 10.2. The highest BCUT2D eigenvalue weighted by atomic mass is 35.5. The normalized spacial score (nSPS) is 14.8. The highest BCUT2D eigenvalue weighted by Gasteiger charge is 2.37. The first-order chi connectivity index (χ1) is 15.1. The summed E-state index contributed by atoms with van der Waals surface area (Å²) in [6, 6.07) is 10.2. The summed E-state index contributed by atoms with van der Waals surface area (Å²) in [5.41, 5.74) is 0.734. The summed E-state index contributed by atoms with van der Waals surface area (Å²) < 4.78 is 1.78. The molecule has 0 aliphatic carbocycles. The summed E-state index contributed by atoms with van der Waals surface area (Å²) in [6.07, 6.45) is 1.62. The number of nitrogens with zero attached hydrogens (tertiary/aromatic N) is 2. The van der Waals surface area contributed by atoms with Crippen LogP contribution >= 0.6 is 23.8 Å². The highest BCUT2D eigenvalue weighted by molar-refractivity contribution is 7.71. The van der Waals surface area contributed by atoms with Gasteiger partial charge in [-0.05, 0) is 35.2 Å². The Morgan fingerprint density at radius 2 is 1.88 bits per heavy atom. The van der Waals surface area contributed by atoms with Gasteiger partial charge in [0.15, 0.2) is 0 Å². The molecule has 1 saturated heterocycles. The number of fused-ring (bicyclic) bond motifs is 1. The summed E-state index contributed by atoms with van der Waals surface area (Å²) >= 11 is 11.3. The summed E-state index contributed by atoms with van der Waals surface area (Å²) in [6.45, 7) is 5.50. The summed E-state index contributed by atoms with van der Waals surface area (Å²) in [7, 11) is 0. The van der Waals surface area contributed by atoms with Crippen molar-refractivity contribution in [1.82, 2.24) is 19.8 Å². The molecule has 0 bridgehead atoms. The second kappa shape index (κ2) is 8.52. The molecule has 4 rings (SSSR count). The molecule has 7 nitrogen and oxygen atoms in total. The summed E-state index contributed by atoms with van der Waals surface area (Å²) in [5, 5.41) is 3.90. The molecule has 166 valence electrons. The minimum Gasteiger partial charge on any atom is -0.348 e. The number of halogens is 1. The molecule has 0 radical (unpaired) electrons. The number of H-pyrrole nitrogens is 1. The van der Waals surface area contributed by atoms with Gasteiger partial charge in [0.1, 0.15) is 17.8 Å². The van der Waals surface area contributed by atoms with E-state index in [1.165, 1.54) is 10.6 Å². The Morgan fingerprint density at radius 3 is 2.53 bits per heavy atom. The van der Waals surface area contributed by atoms with Crippen molar-refractivity contribution in [3.63, 3.8) is 0 Å². The van der Waals surface area contributed by atoms with Crippen LogP contribution in [0.2, 0.25) is 5.02 Å². The Hall–Kier alpha value is -2.97. The van der Waals surface area contributed by atoms with Gasteiger partial charge in [-0.3, -0.25) is 19.0 Å². The number of carbonyl (C=O) groups excluding carboxylic acids is 2. The number of hydrogen-bond acceptors (Lipinski definition) is 4. The highest BCUT2D eigenvalue weighted by Crippen LogP contribution is 2.28. The molecule has 1 aliphatic rings. The van der Waals surface area contributed by atoms with Gasteiger partial charge in [-0.25, -0.2) is 0 Å². The van der Waals surface area contributed by atoms with Crippen molar-refractivity contribution in [2.75, 3.05) is 13.1 Å². The van der Waals surface area contributed by atoms with Gasteiger partial charge in [0.05, 0.1) is 4.51 Å². The van der Waals surface area contributed by atoms with Crippen LogP contribution in [0.4, 0.5) is 0 Å². The number of pyridine rings is 2. The molecule has 0 spiro atoms. The molecule has 32 heavy (non-hydrogen) atoms. The van der Waals surface area contributed by atoms with Crippen LogP contribution in [-0.4, -0.2) is 39.4 Å². The quantitative estimate of drug-likeness (QED) is 0.558. The first kappa shape index (κ1) is 22.2. The first-order valence-corrected chi connectivity index (χ1v) is 11.0. The Balaban J connectivity index is 1.66. The molecule has 9 heteroatoms. The van der Waals surface area contributed by atoms with Crippen LogP contribution in [0.1, 0.15) is 29.8 Å². The van der Waals surface area contributed by atoms with E-state index in [2.05, 4.69) is 24.1 Å². The van der Waals surface area contributed by atoms with Crippen LogP contribution in [-0.2, 0) is 17.9 Å². The zero-order valence-corrected chi connectivity index (χ0v) is 19.3. The predicted molar refractivity (Wildman–Crippen MR) is 126 cm³/mol. The van der Waals surface area contributed by atoms with Crippen molar-refractivity contribution in [3.05, 3.63) is 73.6 Å². The molecule has 3 heterocycles. The minimum atomic E-state index is -0.545. The van der Waals surface area contributed by atoms with E-state index in [1.807, 2.05) is 0 Å². The van der Waals surface area contributed by atoms with Crippen LogP contribution in [0, 0.1) is 9.93 Å². The van der Waals surface area contributed by atoms with E-state index in [9.17, 15) is 14.4 Å². The molecule has 0 saturated carbocycles. The third kappa shape index (κ3) is 4.47. The smallest absolute Gasteiger partial charge is 0.265 e. The topological polar surface area (TPSA) is 87.2 Å². The monoisotopic (exact) mass is 470 g/mol. The summed E-state index contributed by atoms with van der Waals surface area (Å²) in [4.78, 5) is 43.7. The standard InChI is InChI=1S/C23H23ClN4O3S/c1-23(2)12-27(13-23)19(29)11-28-20-16(18(32)7-8-25-20)9-17(22(28)31)21(30)26-10-14-3-5-15(24)6-4-14/h3-9H,10-13H2,1-2H3,(H,25,32)(H,26,30). The van der Waals surface area contributed by atoms with Crippen molar-refractivity contribution in [1.29, 1.82) is 0 Å². The van der Waals surface area contributed by atoms with Gasteiger partial charge in [-0.1, -0.05) is 49.8 Å². The van der Waals surface area contributed by atoms with E-state index in [0.29, 0.717) is 33.7 Å². The molecule has 1 aromatic carbocycles. The molecule has 2 amide bonds. The lowest BCUT2D eigenvalue weighted by Crippen LogP contribution is -2.56. The van der Waals surface area contributed by atoms with Crippen molar-refractivity contribution in [2.45, 2.75) is 26.9 Å². The predicted octanol–water partition coefficient (Wildman–Crippen LogP) is 3.51. The van der Waals surface area contributed by atoms with E-state index in [4.69, 9.17) is 23.8 Å².